The number of hydrogen-bond acceptors (Lipinski definition) is 5. The summed E-state index contributed by atoms with van der Waals surface area (Å²) in [6.45, 7) is 3.90. The van der Waals surface area contributed by atoms with E-state index in [1.54, 1.807) is 0 Å². The van der Waals surface area contributed by atoms with Gasteiger partial charge in [0.15, 0.2) is 6.10 Å². The molecule has 0 rings (SSSR count). The number of carbonyl (C=O) groups excluding carboxylic acids is 2. The molecule has 0 saturated heterocycles. The van der Waals surface area contributed by atoms with Gasteiger partial charge in [-0.05, 0) is 135 Å². The molecule has 0 amide bonds. The first-order valence-corrected chi connectivity index (χ1v) is 32.3. The number of hydrogen-bond donors (Lipinski definition) is 1. The zero-order valence-corrected chi connectivity index (χ0v) is 51.3. The van der Waals surface area contributed by atoms with Crippen molar-refractivity contribution in [3.63, 3.8) is 0 Å². The second-order valence-electron chi connectivity index (χ2n) is 20.7. The topological polar surface area (TPSA) is 72.8 Å². The van der Waals surface area contributed by atoms with Gasteiger partial charge in [-0.3, -0.25) is 9.59 Å². The van der Waals surface area contributed by atoms with Crippen LogP contribution in [0.25, 0.3) is 0 Å². The van der Waals surface area contributed by atoms with E-state index in [2.05, 4.69) is 196 Å². The van der Waals surface area contributed by atoms with E-state index >= 15 is 0 Å². The Morgan fingerprint density at radius 3 is 0.750 bits per heavy atom. The second kappa shape index (κ2) is 68.3. The van der Waals surface area contributed by atoms with Gasteiger partial charge < -0.3 is 14.6 Å². The normalized spacial score (nSPS) is 13.5. The van der Waals surface area contributed by atoms with Gasteiger partial charge >= 0.3 is 11.9 Å². The summed E-state index contributed by atoms with van der Waals surface area (Å²) in [5, 5.41) is 9.69. The van der Waals surface area contributed by atoms with Gasteiger partial charge in [0.2, 0.25) is 0 Å². The Morgan fingerprint density at radius 1 is 0.287 bits per heavy atom. The molecular formula is C75H118O5. The van der Waals surface area contributed by atoms with Gasteiger partial charge in [-0.15, -0.1) is 0 Å². The van der Waals surface area contributed by atoms with Gasteiger partial charge in [-0.25, -0.2) is 0 Å². The van der Waals surface area contributed by atoms with Crippen LogP contribution in [-0.4, -0.2) is 36.4 Å². The summed E-state index contributed by atoms with van der Waals surface area (Å²) in [6.07, 6.45) is 107. The maximum Gasteiger partial charge on any atom is 0.306 e. The Labute approximate surface area is 493 Å². The second-order valence-corrected chi connectivity index (χ2v) is 20.7. The Morgan fingerprint density at radius 2 is 0.500 bits per heavy atom. The van der Waals surface area contributed by atoms with E-state index in [-0.39, 0.29) is 25.2 Å². The molecule has 0 fully saturated rings. The van der Waals surface area contributed by atoms with E-state index < -0.39 is 6.10 Å². The van der Waals surface area contributed by atoms with Crippen molar-refractivity contribution in [3.05, 3.63) is 182 Å². The lowest BCUT2D eigenvalue weighted by molar-refractivity contribution is -0.161. The molecule has 448 valence electrons. The van der Waals surface area contributed by atoms with Crippen molar-refractivity contribution in [3.8, 4) is 0 Å². The minimum Gasteiger partial charge on any atom is -0.462 e. The van der Waals surface area contributed by atoms with Crippen LogP contribution in [0, 0.1) is 0 Å². The van der Waals surface area contributed by atoms with Gasteiger partial charge in [-0.2, -0.15) is 0 Å². The molecule has 0 aliphatic heterocycles. The highest BCUT2D eigenvalue weighted by Crippen LogP contribution is 2.15. The van der Waals surface area contributed by atoms with E-state index in [0.29, 0.717) is 12.8 Å². The average molecular weight is 1100 g/mol. The van der Waals surface area contributed by atoms with Gasteiger partial charge in [0.1, 0.15) is 6.61 Å². The molecule has 0 aromatic heterocycles. The summed E-state index contributed by atoms with van der Waals surface area (Å²) in [6, 6.07) is 0. The lowest BCUT2D eigenvalue weighted by atomic mass is 10.0. The smallest absolute Gasteiger partial charge is 0.306 e. The van der Waals surface area contributed by atoms with Crippen molar-refractivity contribution < 1.29 is 24.2 Å². The molecule has 0 saturated carbocycles. The SMILES string of the molecule is CC/C=C\C/C=C\C/C=C\C/C=C\C/C=C\C/C=C\C/C=C\C/C=C\C/C=C\C/C=C\CCCCCCCCCCC(=O)OC(CO)COC(=O)CCCCCCCCCCCCC/C=C\C/C=C\C/C=C\C/C=C\C/C=C\CC. The number of carbonyl (C=O) groups is 2. The van der Waals surface area contributed by atoms with Crippen molar-refractivity contribution >= 4 is 11.9 Å². The number of allylic oxidation sites excluding steroid dienone is 30. The molecule has 1 N–H and O–H groups in total. The lowest BCUT2D eigenvalue weighted by Crippen LogP contribution is -2.28. The first kappa shape index (κ1) is 75.0. The minimum absolute atomic E-state index is 0.0814. The number of unbranched alkanes of at least 4 members (excludes halogenated alkanes) is 19. The van der Waals surface area contributed by atoms with Crippen molar-refractivity contribution in [1.29, 1.82) is 0 Å². The van der Waals surface area contributed by atoms with Crippen molar-refractivity contribution in [1.82, 2.24) is 0 Å². The minimum atomic E-state index is -0.793. The number of aliphatic hydroxyl groups is 1. The van der Waals surface area contributed by atoms with Crippen molar-refractivity contribution in [2.75, 3.05) is 13.2 Å². The Hall–Kier alpha value is -5.00. The van der Waals surface area contributed by atoms with Crippen LogP contribution in [0.2, 0.25) is 0 Å². The fourth-order valence-corrected chi connectivity index (χ4v) is 8.43. The predicted octanol–water partition coefficient (Wildman–Crippen LogP) is 22.6. The van der Waals surface area contributed by atoms with Crippen LogP contribution in [0.4, 0.5) is 0 Å². The first-order chi connectivity index (χ1) is 39.6. The van der Waals surface area contributed by atoms with Crippen LogP contribution >= 0.6 is 0 Å². The molecule has 1 atom stereocenters. The van der Waals surface area contributed by atoms with Crippen molar-refractivity contribution in [2.45, 2.75) is 264 Å². The third-order valence-electron chi connectivity index (χ3n) is 13.2. The highest BCUT2D eigenvalue weighted by Gasteiger charge is 2.16. The summed E-state index contributed by atoms with van der Waals surface area (Å²) in [5.41, 5.74) is 0. The largest absolute Gasteiger partial charge is 0.462 e. The average Bonchev–Trinajstić information content (AvgIpc) is 3.46. The zero-order valence-electron chi connectivity index (χ0n) is 51.3. The van der Waals surface area contributed by atoms with Crippen LogP contribution in [0.15, 0.2) is 182 Å². The molecule has 0 aliphatic rings. The van der Waals surface area contributed by atoms with Crippen LogP contribution in [-0.2, 0) is 19.1 Å². The molecule has 5 heteroatoms. The summed E-state index contributed by atoms with van der Waals surface area (Å²) < 4.78 is 10.7. The fourth-order valence-electron chi connectivity index (χ4n) is 8.43. The molecule has 0 aromatic rings. The third kappa shape index (κ3) is 65.5. The molecule has 80 heavy (non-hydrogen) atoms. The number of esters is 2. The maximum atomic E-state index is 12.3. The van der Waals surface area contributed by atoms with E-state index in [1.165, 1.54) is 89.9 Å². The molecule has 0 aromatic carbocycles. The lowest BCUT2D eigenvalue weighted by Gasteiger charge is -2.15. The number of ether oxygens (including phenoxy) is 2. The monoisotopic (exact) mass is 1100 g/mol. The first-order valence-electron chi connectivity index (χ1n) is 32.3. The molecule has 0 aliphatic carbocycles. The van der Waals surface area contributed by atoms with Gasteiger partial charge in [0.05, 0.1) is 6.61 Å². The van der Waals surface area contributed by atoms with Crippen LogP contribution < -0.4 is 0 Å². The highest BCUT2D eigenvalue weighted by molar-refractivity contribution is 5.70. The molecule has 0 heterocycles. The van der Waals surface area contributed by atoms with Crippen LogP contribution in [0.3, 0.4) is 0 Å². The quantitative estimate of drug-likeness (QED) is 0.0373. The maximum absolute atomic E-state index is 12.3. The number of aliphatic hydroxyl groups excluding tert-OH is 1. The van der Waals surface area contributed by atoms with Gasteiger partial charge in [-0.1, -0.05) is 292 Å². The van der Waals surface area contributed by atoms with Crippen LogP contribution in [0.5, 0.6) is 0 Å². The zero-order chi connectivity index (χ0) is 57.6. The summed E-state index contributed by atoms with van der Waals surface area (Å²) in [7, 11) is 0. The number of rotatable bonds is 57. The molecular weight excluding hydrogens is 981 g/mol. The predicted molar refractivity (Wildman–Crippen MR) is 352 cm³/mol. The van der Waals surface area contributed by atoms with E-state index in [9.17, 15) is 14.7 Å². The van der Waals surface area contributed by atoms with E-state index in [0.717, 1.165) is 141 Å². The van der Waals surface area contributed by atoms with Gasteiger partial charge in [0, 0.05) is 12.8 Å². The Balaban J connectivity index is 3.60. The Kier molecular flexibility index (Phi) is 64.0. The molecule has 0 bridgehead atoms. The molecule has 0 spiro atoms. The van der Waals surface area contributed by atoms with Crippen LogP contribution in [0.1, 0.15) is 258 Å². The fraction of sp³-hybridized carbons (Fsp3) is 0.573. The molecule has 1 unspecified atom stereocenters. The Bertz CT molecular complexity index is 1820. The van der Waals surface area contributed by atoms with E-state index in [4.69, 9.17) is 9.47 Å². The molecule has 5 nitrogen and oxygen atoms in total. The third-order valence-corrected chi connectivity index (χ3v) is 13.2. The molecule has 0 radical (unpaired) electrons. The summed E-state index contributed by atoms with van der Waals surface area (Å²) in [4.78, 5) is 24.6. The summed E-state index contributed by atoms with van der Waals surface area (Å²) >= 11 is 0. The summed E-state index contributed by atoms with van der Waals surface area (Å²) in [5.74, 6) is -0.613. The highest BCUT2D eigenvalue weighted by atomic mass is 16.6. The van der Waals surface area contributed by atoms with E-state index in [1.807, 2.05) is 0 Å². The standard InChI is InChI=1S/C75H118O5/c1-3-5-7-9-11-13-15-17-19-21-23-25-27-29-31-32-33-34-35-36-37-38-39-40-41-42-44-46-48-50-52-54-56-58-60-62-64-66-68-70-75(78)80-73(71-76)72-79-74(77)69-67-65-63-61-59-57-55-53-51-49-47-45-43-30-28-26-24-22-20-18-16-14-12-10-8-6-4-2/h5-8,11-14,17-20,23-26,29-31,33-34,36-37,39-40,42-44,48,50,73,76H,3-4,9-10,15-16,21-22,27-28,32,35,38,41,45-47,49,51-72H2,1-2H3/b7-5-,8-6-,13-11-,14-12-,19-17-,20-18-,25-23-,26-24-,31-29-,34-33-,37-36-,40-39-,43-30-,44-42-,50-48-. The van der Waals surface area contributed by atoms with Gasteiger partial charge in [0.25, 0.3) is 0 Å². The van der Waals surface area contributed by atoms with Crippen molar-refractivity contribution in [2.24, 2.45) is 0 Å².